The lowest BCUT2D eigenvalue weighted by atomic mass is 9.73. The van der Waals surface area contributed by atoms with E-state index >= 15 is 0 Å². The number of nitro benzene ring substituents is 1. The van der Waals surface area contributed by atoms with Crippen LogP contribution in [0.25, 0.3) is 0 Å². The van der Waals surface area contributed by atoms with Crippen molar-refractivity contribution in [3.8, 4) is 0 Å². The van der Waals surface area contributed by atoms with E-state index in [1.54, 1.807) is 13.0 Å². The van der Waals surface area contributed by atoms with E-state index in [9.17, 15) is 15.2 Å². The second kappa shape index (κ2) is 5.39. The molecule has 1 aromatic rings. The van der Waals surface area contributed by atoms with Crippen LogP contribution < -0.4 is 5.73 Å². The predicted molar refractivity (Wildman–Crippen MR) is 82.0 cm³/mol. The van der Waals surface area contributed by atoms with Crippen LogP contribution in [0.5, 0.6) is 0 Å². The molecule has 1 aliphatic rings. The Bertz CT molecular complexity index is 556. The first-order valence-corrected chi connectivity index (χ1v) is 7.34. The second-order valence-corrected chi connectivity index (χ2v) is 6.95. The van der Waals surface area contributed by atoms with E-state index in [-0.39, 0.29) is 21.4 Å². The summed E-state index contributed by atoms with van der Waals surface area (Å²) in [6.45, 7) is 6.26. The van der Waals surface area contributed by atoms with Gasteiger partial charge in [0.1, 0.15) is 0 Å². The first kappa shape index (κ1) is 15.9. The summed E-state index contributed by atoms with van der Waals surface area (Å²) in [4.78, 5) is 10.7. The first-order chi connectivity index (χ1) is 9.73. The first-order valence-electron chi connectivity index (χ1n) is 7.34. The van der Waals surface area contributed by atoms with Crippen LogP contribution in [0.4, 0.5) is 5.69 Å². The molecule has 0 spiro atoms. The summed E-state index contributed by atoms with van der Waals surface area (Å²) in [5.74, 6) is 0. The minimum Gasteiger partial charge on any atom is -0.392 e. The van der Waals surface area contributed by atoms with Gasteiger partial charge in [0, 0.05) is 23.6 Å². The van der Waals surface area contributed by atoms with Crippen LogP contribution in [0.3, 0.4) is 0 Å². The average Bonchev–Trinajstić information content (AvgIpc) is 2.65. The highest BCUT2D eigenvalue weighted by Gasteiger charge is 2.51. The van der Waals surface area contributed by atoms with Gasteiger partial charge in [0.25, 0.3) is 5.69 Å². The van der Waals surface area contributed by atoms with Gasteiger partial charge in [-0.15, -0.1) is 0 Å². The summed E-state index contributed by atoms with van der Waals surface area (Å²) < 4.78 is 0. The summed E-state index contributed by atoms with van der Waals surface area (Å²) >= 11 is 0. The second-order valence-electron chi connectivity index (χ2n) is 6.95. The van der Waals surface area contributed by atoms with E-state index in [4.69, 9.17) is 5.73 Å². The lowest BCUT2D eigenvalue weighted by molar-refractivity contribution is -0.385. The van der Waals surface area contributed by atoms with Gasteiger partial charge in [-0.2, -0.15) is 0 Å². The van der Waals surface area contributed by atoms with Gasteiger partial charge in [-0.1, -0.05) is 26.0 Å². The van der Waals surface area contributed by atoms with Crippen LogP contribution in [-0.2, 0) is 6.42 Å². The third kappa shape index (κ3) is 2.68. The van der Waals surface area contributed by atoms with Crippen LogP contribution in [0.1, 0.15) is 37.8 Å². The SMILES string of the molecule is Cc1c(CC2(CN)CCC(C)(C)C2O)cccc1[N+](=O)[O-]. The Balaban J connectivity index is 2.37. The molecular formula is C16H24N2O3. The van der Waals surface area contributed by atoms with Gasteiger partial charge in [0.05, 0.1) is 11.0 Å². The predicted octanol–water partition coefficient (Wildman–Crippen LogP) is 2.57. The van der Waals surface area contributed by atoms with E-state index in [2.05, 4.69) is 13.8 Å². The Morgan fingerprint density at radius 2 is 2.10 bits per heavy atom. The minimum atomic E-state index is -0.492. The molecule has 2 atom stereocenters. The maximum atomic E-state index is 11.1. The number of nitrogens with two attached hydrogens (primary N) is 1. The Morgan fingerprint density at radius 3 is 2.57 bits per heavy atom. The highest BCUT2D eigenvalue weighted by atomic mass is 16.6. The zero-order valence-electron chi connectivity index (χ0n) is 12.9. The summed E-state index contributed by atoms with van der Waals surface area (Å²) in [5, 5.41) is 21.7. The molecule has 0 aliphatic heterocycles. The zero-order valence-corrected chi connectivity index (χ0v) is 12.9. The fraction of sp³-hybridized carbons (Fsp3) is 0.625. The summed E-state index contributed by atoms with van der Waals surface area (Å²) in [5.41, 5.74) is 7.15. The van der Waals surface area contributed by atoms with E-state index in [1.165, 1.54) is 6.07 Å². The molecule has 0 aromatic heterocycles. The third-order valence-corrected chi connectivity index (χ3v) is 5.15. The monoisotopic (exact) mass is 292 g/mol. The number of nitrogens with zero attached hydrogens (tertiary/aromatic N) is 1. The Labute approximate surface area is 125 Å². The van der Waals surface area contributed by atoms with Crippen molar-refractivity contribution in [2.24, 2.45) is 16.6 Å². The number of nitro groups is 1. The molecule has 2 rings (SSSR count). The number of hydrogen-bond acceptors (Lipinski definition) is 4. The van der Waals surface area contributed by atoms with E-state index in [1.807, 2.05) is 6.07 Å². The number of aliphatic hydroxyl groups excluding tert-OH is 1. The lowest BCUT2D eigenvalue weighted by Crippen LogP contribution is -2.44. The zero-order chi connectivity index (χ0) is 15.8. The van der Waals surface area contributed by atoms with Crippen LogP contribution in [0, 0.1) is 27.9 Å². The molecule has 1 fully saturated rings. The van der Waals surface area contributed by atoms with E-state index in [0.29, 0.717) is 18.5 Å². The highest BCUT2D eigenvalue weighted by Crippen LogP contribution is 2.50. The average molecular weight is 292 g/mol. The van der Waals surface area contributed by atoms with Gasteiger partial charge in [-0.05, 0) is 37.2 Å². The van der Waals surface area contributed by atoms with Crippen molar-refractivity contribution in [3.63, 3.8) is 0 Å². The quantitative estimate of drug-likeness (QED) is 0.659. The van der Waals surface area contributed by atoms with Crippen LogP contribution in [-0.4, -0.2) is 22.7 Å². The number of aliphatic hydroxyl groups is 1. The fourth-order valence-corrected chi connectivity index (χ4v) is 3.58. The molecule has 5 heteroatoms. The largest absolute Gasteiger partial charge is 0.392 e. The van der Waals surface area contributed by atoms with Crippen molar-refractivity contribution in [1.82, 2.24) is 0 Å². The lowest BCUT2D eigenvalue weighted by Gasteiger charge is -2.36. The molecule has 0 amide bonds. The van der Waals surface area contributed by atoms with E-state index in [0.717, 1.165) is 18.4 Å². The van der Waals surface area contributed by atoms with Gasteiger partial charge in [0.15, 0.2) is 0 Å². The molecular weight excluding hydrogens is 268 g/mol. The Morgan fingerprint density at radius 1 is 1.43 bits per heavy atom. The number of hydrogen-bond donors (Lipinski definition) is 2. The van der Waals surface area contributed by atoms with Gasteiger partial charge in [-0.3, -0.25) is 10.1 Å². The molecule has 1 aromatic carbocycles. The Kier molecular flexibility index (Phi) is 4.08. The molecule has 2 unspecified atom stereocenters. The molecule has 0 heterocycles. The minimum absolute atomic E-state index is 0.131. The number of benzene rings is 1. The van der Waals surface area contributed by atoms with Crippen LogP contribution in [0.15, 0.2) is 18.2 Å². The molecule has 1 saturated carbocycles. The van der Waals surface area contributed by atoms with Crippen molar-refractivity contribution in [2.45, 2.75) is 46.1 Å². The van der Waals surface area contributed by atoms with Gasteiger partial charge in [0.2, 0.25) is 0 Å². The number of rotatable bonds is 4. The summed E-state index contributed by atoms with van der Waals surface area (Å²) in [7, 11) is 0. The molecule has 3 N–H and O–H groups in total. The van der Waals surface area contributed by atoms with Gasteiger partial charge < -0.3 is 10.8 Å². The summed E-state index contributed by atoms with van der Waals surface area (Å²) in [6, 6.07) is 5.12. The Hall–Kier alpha value is -1.46. The van der Waals surface area contributed by atoms with Gasteiger partial charge >= 0.3 is 0 Å². The third-order valence-electron chi connectivity index (χ3n) is 5.15. The van der Waals surface area contributed by atoms with Crippen molar-refractivity contribution >= 4 is 5.69 Å². The molecule has 0 bridgehead atoms. The summed E-state index contributed by atoms with van der Waals surface area (Å²) in [6.07, 6.45) is 1.86. The standard InChI is InChI=1S/C16H24N2O3/c1-11-12(5-4-6-13(11)18(20)21)9-16(10-17)8-7-15(2,3)14(16)19/h4-6,14,19H,7-10,17H2,1-3H3. The molecule has 116 valence electrons. The molecule has 21 heavy (non-hydrogen) atoms. The van der Waals surface area contributed by atoms with E-state index < -0.39 is 6.10 Å². The van der Waals surface area contributed by atoms with Crippen LogP contribution in [0.2, 0.25) is 0 Å². The van der Waals surface area contributed by atoms with Crippen molar-refractivity contribution < 1.29 is 10.0 Å². The van der Waals surface area contributed by atoms with Crippen molar-refractivity contribution in [3.05, 3.63) is 39.4 Å². The smallest absolute Gasteiger partial charge is 0.272 e. The fourth-order valence-electron chi connectivity index (χ4n) is 3.58. The van der Waals surface area contributed by atoms with Gasteiger partial charge in [-0.25, -0.2) is 0 Å². The van der Waals surface area contributed by atoms with Crippen molar-refractivity contribution in [2.75, 3.05) is 6.54 Å². The van der Waals surface area contributed by atoms with Crippen molar-refractivity contribution in [1.29, 1.82) is 0 Å². The highest BCUT2D eigenvalue weighted by molar-refractivity contribution is 5.45. The molecule has 1 aliphatic carbocycles. The maximum absolute atomic E-state index is 11.1. The topological polar surface area (TPSA) is 89.4 Å². The maximum Gasteiger partial charge on any atom is 0.272 e. The normalized spacial score (nSPS) is 27.8. The molecule has 0 saturated heterocycles. The molecule has 5 nitrogen and oxygen atoms in total. The van der Waals surface area contributed by atoms with Crippen LogP contribution >= 0.6 is 0 Å². The molecule has 0 radical (unpaired) electrons.